The standard InChI is InChI=1S/C23H26N6O3/c1-3-31-20-5-4-7-26-23(20)32-18-9-16(10-25-13-18)21-27-11-17(12-28-21)22(30)29-19-14-24-8-6-15(19)2/h4-5,7,9-13,15,19,24H,3,6,8,14H2,1-2H3,(H,29,30)/t15-,19?/m1/s1. The highest BCUT2D eigenvalue weighted by molar-refractivity contribution is 5.94. The maximum Gasteiger partial charge on any atom is 0.262 e. The van der Waals surface area contributed by atoms with Gasteiger partial charge in [-0.3, -0.25) is 9.78 Å². The van der Waals surface area contributed by atoms with Gasteiger partial charge in [-0.1, -0.05) is 6.92 Å². The van der Waals surface area contributed by atoms with Crippen LogP contribution in [0.15, 0.2) is 49.2 Å². The average molecular weight is 435 g/mol. The monoisotopic (exact) mass is 434 g/mol. The zero-order valence-electron chi connectivity index (χ0n) is 18.1. The summed E-state index contributed by atoms with van der Waals surface area (Å²) in [5.74, 6) is 2.08. The first-order valence-electron chi connectivity index (χ1n) is 10.7. The lowest BCUT2D eigenvalue weighted by Crippen LogP contribution is -2.50. The number of rotatable bonds is 7. The zero-order chi connectivity index (χ0) is 22.3. The first-order valence-corrected chi connectivity index (χ1v) is 10.7. The second-order valence-electron chi connectivity index (χ2n) is 7.60. The van der Waals surface area contributed by atoms with Crippen molar-refractivity contribution in [3.8, 4) is 28.8 Å². The molecule has 1 amide bonds. The number of nitrogens with one attached hydrogen (secondary N) is 2. The molecule has 0 bridgehead atoms. The van der Waals surface area contributed by atoms with Crippen molar-refractivity contribution in [2.45, 2.75) is 26.3 Å². The number of nitrogens with zero attached hydrogens (tertiary/aromatic N) is 4. The molecule has 0 radical (unpaired) electrons. The molecule has 1 unspecified atom stereocenters. The maximum absolute atomic E-state index is 12.6. The third kappa shape index (κ3) is 5.17. The minimum atomic E-state index is -0.175. The Morgan fingerprint density at radius 2 is 2.06 bits per heavy atom. The van der Waals surface area contributed by atoms with Crippen molar-refractivity contribution in [2.75, 3.05) is 19.7 Å². The molecule has 1 saturated heterocycles. The maximum atomic E-state index is 12.6. The molecule has 166 valence electrons. The third-order valence-corrected chi connectivity index (χ3v) is 5.28. The van der Waals surface area contributed by atoms with Crippen LogP contribution >= 0.6 is 0 Å². The van der Waals surface area contributed by atoms with E-state index in [9.17, 15) is 4.79 Å². The van der Waals surface area contributed by atoms with E-state index in [-0.39, 0.29) is 11.9 Å². The van der Waals surface area contributed by atoms with Gasteiger partial charge in [0.25, 0.3) is 11.8 Å². The second kappa shape index (κ2) is 10.1. The second-order valence-corrected chi connectivity index (χ2v) is 7.60. The Labute approximate surface area is 186 Å². The number of carbonyl (C=O) groups is 1. The summed E-state index contributed by atoms with van der Waals surface area (Å²) < 4.78 is 11.4. The lowest BCUT2D eigenvalue weighted by molar-refractivity contribution is 0.0914. The molecule has 0 aliphatic carbocycles. The van der Waals surface area contributed by atoms with Crippen molar-refractivity contribution >= 4 is 5.91 Å². The van der Waals surface area contributed by atoms with Crippen molar-refractivity contribution in [1.29, 1.82) is 0 Å². The summed E-state index contributed by atoms with van der Waals surface area (Å²) >= 11 is 0. The van der Waals surface area contributed by atoms with Crippen LogP contribution in [0.2, 0.25) is 0 Å². The Morgan fingerprint density at radius 3 is 2.84 bits per heavy atom. The third-order valence-electron chi connectivity index (χ3n) is 5.28. The quantitative estimate of drug-likeness (QED) is 0.584. The number of carbonyl (C=O) groups excluding carboxylic acids is 1. The van der Waals surface area contributed by atoms with Crippen LogP contribution < -0.4 is 20.1 Å². The number of piperidine rings is 1. The SMILES string of the molecule is CCOc1cccnc1Oc1cncc(-c2ncc(C(=O)NC3CNCC[C@H]3C)cn2)c1. The van der Waals surface area contributed by atoms with E-state index in [0.717, 1.165) is 19.5 Å². The number of hydrogen-bond acceptors (Lipinski definition) is 8. The highest BCUT2D eigenvalue weighted by Gasteiger charge is 2.23. The Balaban J connectivity index is 1.46. The molecule has 9 heteroatoms. The molecule has 4 heterocycles. The van der Waals surface area contributed by atoms with E-state index in [1.54, 1.807) is 36.8 Å². The molecule has 1 fully saturated rings. The van der Waals surface area contributed by atoms with Crippen molar-refractivity contribution in [1.82, 2.24) is 30.6 Å². The molecule has 1 aliphatic rings. The van der Waals surface area contributed by atoms with Crippen molar-refractivity contribution in [3.63, 3.8) is 0 Å². The van der Waals surface area contributed by atoms with Crippen LogP contribution in [0.25, 0.3) is 11.4 Å². The van der Waals surface area contributed by atoms with Crippen LogP contribution in [-0.4, -0.2) is 51.6 Å². The number of amides is 1. The molecule has 2 N–H and O–H groups in total. The molecular formula is C23H26N6O3. The molecule has 4 rings (SSSR count). The molecule has 9 nitrogen and oxygen atoms in total. The summed E-state index contributed by atoms with van der Waals surface area (Å²) in [7, 11) is 0. The van der Waals surface area contributed by atoms with Gasteiger partial charge >= 0.3 is 0 Å². The predicted molar refractivity (Wildman–Crippen MR) is 119 cm³/mol. The molecule has 3 aromatic rings. The Kier molecular flexibility index (Phi) is 6.86. The summed E-state index contributed by atoms with van der Waals surface area (Å²) in [6.45, 7) is 6.30. The Morgan fingerprint density at radius 1 is 1.22 bits per heavy atom. The highest BCUT2D eigenvalue weighted by atomic mass is 16.5. The topological polar surface area (TPSA) is 111 Å². The molecule has 2 atom stereocenters. The van der Waals surface area contributed by atoms with Gasteiger partial charge in [0.15, 0.2) is 11.6 Å². The summed E-state index contributed by atoms with van der Waals surface area (Å²) in [5.41, 5.74) is 1.08. The fourth-order valence-electron chi connectivity index (χ4n) is 3.46. The van der Waals surface area contributed by atoms with Gasteiger partial charge in [-0.25, -0.2) is 15.0 Å². The van der Waals surface area contributed by atoms with Crippen molar-refractivity contribution in [2.24, 2.45) is 5.92 Å². The Bertz CT molecular complexity index is 1060. The fourth-order valence-corrected chi connectivity index (χ4v) is 3.46. The van der Waals surface area contributed by atoms with Crippen molar-refractivity contribution in [3.05, 3.63) is 54.7 Å². The summed E-state index contributed by atoms with van der Waals surface area (Å²) in [6.07, 6.45) is 8.94. The van der Waals surface area contributed by atoms with Gasteiger partial charge in [0.05, 0.1) is 18.4 Å². The van der Waals surface area contributed by atoms with E-state index >= 15 is 0 Å². The Hall–Kier alpha value is -3.59. The predicted octanol–water partition coefficient (Wildman–Crippen LogP) is 2.85. The smallest absolute Gasteiger partial charge is 0.262 e. The minimum absolute atomic E-state index is 0.0992. The number of ether oxygens (including phenoxy) is 2. The van der Waals surface area contributed by atoms with Gasteiger partial charge in [-0.15, -0.1) is 0 Å². The fraction of sp³-hybridized carbons (Fsp3) is 0.348. The minimum Gasteiger partial charge on any atom is -0.488 e. The number of aromatic nitrogens is 4. The molecule has 0 spiro atoms. The highest BCUT2D eigenvalue weighted by Crippen LogP contribution is 2.30. The van der Waals surface area contributed by atoms with Crippen LogP contribution in [0.1, 0.15) is 30.6 Å². The van der Waals surface area contributed by atoms with Gasteiger partial charge in [0.2, 0.25) is 0 Å². The van der Waals surface area contributed by atoms with Crippen LogP contribution in [0, 0.1) is 5.92 Å². The molecule has 32 heavy (non-hydrogen) atoms. The van der Waals surface area contributed by atoms with Crippen LogP contribution in [0.3, 0.4) is 0 Å². The van der Waals surface area contributed by atoms with E-state index in [2.05, 4.69) is 37.5 Å². The van der Waals surface area contributed by atoms with Crippen LogP contribution in [0.4, 0.5) is 0 Å². The molecule has 0 aromatic carbocycles. The van der Waals surface area contributed by atoms with E-state index < -0.39 is 0 Å². The van der Waals surface area contributed by atoms with E-state index in [1.165, 1.54) is 12.4 Å². The molecule has 0 saturated carbocycles. The largest absolute Gasteiger partial charge is 0.488 e. The number of pyridine rings is 2. The lowest BCUT2D eigenvalue weighted by atomic mass is 9.94. The van der Waals surface area contributed by atoms with Gasteiger partial charge in [0.1, 0.15) is 5.75 Å². The van der Waals surface area contributed by atoms with Gasteiger partial charge in [-0.2, -0.15) is 0 Å². The van der Waals surface area contributed by atoms with Gasteiger partial charge in [-0.05, 0) is 44.0 Å². The summed E-state index contributed by atoms with van der Waals surface area (Å²) in [4.78, 5) is 29.7. The normalized spacial score (nSPS) is 18.1. The van der Waals surface area contributed by atoms with E-state index in [0.29, 0.717) is 46.9 Å². The first kappa shape index (κ1) is 21.6. The molecule has 1 aliphatic heterocycles. The summed E-state index contributed by atoms with van der Waals surface area (Å²) in [6, 6.07) is 5.44. The van der Waals surface area contributed by atoms with Gasteiger partial charge < -0.3 is 20.1 Å². The van der Waals surface area contributed by atoms with Crippen molar-refractivity contribution < 1.29 is 14.3 Å². The first-order chi connectivity index (χ1) is 15.6. The van der Waals surface area contributed by atoms with Crippen LogP contribution in [0.5, 0.6) is 17.4 Å². The molecule has 3 aromatic heterocycles. The summed E-state index contributed by atoms with van der Waals surface area (Å²) in [5, 5.41) is 6.37. The van der Waals surface area contributed by atoms with Gasteiger partial charge in [0, 0.05) is 42.9 Å². The van der Waals surface area contributed by atoms with Crippen LogP contribution in [-0.2, 0) is 0 Å². The molecular weight excluding hydrogens is 408 g/mol. The average Bonchev–Trinajstić information content (AvgIpc) is 2.82. The zero-order valence-corrected chi connectivity index (χ0v) is 18.1. The van der Waals surface area contributed by atoms with E-state index in [4.69, 9.17) is 9.47 Å². The lowest BCUT2D eigenvalue weighted by Gasteiger charge is -2.30. The van der Waals surface area contributed by atoms with E-state index in [1.807, 2.05) is 6.92 Å². The number of hydrogen-bond donors (Lipinski definition) is 2.